The number of hydrogen-bond acceptors (Lipinski definition) is 5. The standard InChI is InChI=1S/C8H13N3S2/c9-2-1-6-3-13-8(11-6)7-4-12-5-10-7/h3,7,10H,1-2,4-5,9H2/t7-/m0/s1. The third-order valence-electron chi connectivity index (χ3n) is 1.98. The fraction of sp³-hybridized carbons (Fsp3) is 0.625. The number of nitrogens with two attached hydrogens (primary N) is 1. The van der Waals surface area contributed by atoms with Crippen molar-refractivity contribution in [1.29, 1.82) is 0 Å². The highest BCUT2D eigenvalue weighted by molar-refractivity contribution is 7.99. The molecule has 0 spiro atoms. The molecule has 5 heteroatoms. The molecule has 2 rings (SSSR count). The minimum absolute atomic E-state index is 0.474. The molecule has 3 nitrogen and oxygen atoms in total. The highest BCUT2D eigenvalue weighted by Crippen LogP contribution is 2.26. The molecule has 0 amide bonds. The maximum atomic E-state index is 5.47. The van der Waals surface area contributed by atoms with Gasteiger partial charge in [-0.25, -0.2) is 4.98 Å². The molecule has 2 heterocycles. The predicted molar refractivity (Wildman–Crippen MR) is 58.1 cm³/mol. The molecule has 0 saturated carbocycles. The van der Waals surface area contributed by atoms with E-state index < -0.39 is 0 Å². The van der Waals surface area contributed by atoms with Gasteiger partial charge >= 0.3 is 0 Å². The van der Waals surface area contributed by atoms with Gasteiger partial charge in [-0.2, -0.15) is 0 Å². The Morgan fingerprint density at radius 3 is 3.31 bits per heavy atom. The summed E-state index contributed by atoms with van der Waals surface area (Å²) in [7, 11) is 0. The summed E-state index contributed by atoms with van der Waals surface area (Å²) in [6.07, 6.45) is 0.899. The van der Waals surface area contributed by atoms with E-state index in [2.05, 4.69) is 15.7 Å². The molecule has 1 aromatic rings. The molecule has 0 bridgehead atoms. The van der Waals surface area contributed by atoms with Crippen molar-refractivity contribution in [3.05, 3.63) is 16.1 Å². The van der Waals surface area contributed by atoms with Gasteiger partial charge in [0.15, 0.2) is 0 Å². The molecular formula is C8H13N3S2. The van der Waals surface area contributed by atoms with E-state index in [9.17, 15) is 0 Å². The van der Waals surface area contributed by atoms with Gasteiger partial charge in [-0.3, -0.25) is 5.32 Å². The van der Waals surface area contributed by atoms with Crippen LogP contribution < -0.4 is 11.1 Å². The second-order valence-electron chi connectivity index (χ2n) is 2.99. The van der Waals surface area contributed by atoms with Crippen molar-refractivity contribution in [1.82, 2.24) is 10.3 Å². The Morgan fingerprint density at radius 2 is 2.62 bits per heavy atom. The molecule has 0 radical (unpaired) electrons. The van der Waals surface area contributed by atoms with Gasteiger partial charge in [-0.15, -0.1) is 23.1 Å². The quantitative estimate of drug-likeness (QED) is 0.789. The van der Waals surface area contributed by atoms with Crippen LogP contribution in [0, 0.1) is 0 Å². The number of nitrogens with one attached hydrogen (secondary N) is 1. The number of rotatable bonds is 3. The number of aromatic nitrogens is 1. The average Bonchev–Trinajstić information content (AvgIpc) is 2.70. The van der Waals surface area contributed by atoms with Crippen molar-refractivity contribution in [2.24, 2.45) is 5.73 Å². The van der Waals surface area contributed by atoms with Gasteiger partial charge in [0.2, 0.25) is 0 Å². The van der Waals surface area contributed by atoms with Crippen LogP contribution in [0.2, 0.25) is 0 Å². The molecule has 1 aliphatic rings. The summed E-state index contributed by atoms with van der Waals surface area (Å²) in [4.78, 5) is 4.54. The van der Waals surface area contributed by atoms with Crippen LogP contribution in [0.5, 0.6) is 0 Å². The second-order valence-corrected chi connectivity index (χ2v) is 4.91. The summed E-state index contributed by atoms with van der Waals surface area (Å²) in [5.74, 6) is 2.20. The van der Waals surface area contributed by atoms with E-state index in [0.29, 0.717) is 12.6 Å². The lowest BCUT2D eigenvalue weighted by atomic mass is 10.3. The minimum Gasteiger partial charge on any atom is -0.330 e. The smallest absolute Gasteiger partial charge is 0.111 e. The Bertz CT molecular complexity index is 268. The predicted octanol–water partition coefficient (Wildman–Crippen LogP) is 0.979. The summed E-state index contributed by atoms with van der Waals surface area (Å²) in [6.45, 7) is 0.690. The fourth-order valence-corrected chi connectivity index (χ4v) is 3.28. The molecule has 0 unspecified atom stereocenters. The summed E-state index contributed by atoms with van der Waals surface area (Å²) in [5, 5.41) is 6.74. The first-order valence-electron chi connectivity index (χ1n) is 4.35. The van der Waals surface area contributed by atoms with Crippen LogP contribution in [0.15, 0.2) is 5.38 Å². The van der Waals surface area contributed by atoms with Crippen molar-refractivity contribution in [2.75, 3.05) is 18.2 Å². The van der Waals surface area contributed by atoms with Crippen LogP contribution in [0.3, 0.4) is 0 Å². The highest BCUT2D eigenvalue weighted by Gasteiger charge is 2.19. The van der Waals surface area contributed by atoms with E-state index in [1.165, 1.54) is 5.01 Å². The zero-order chi connectivity index (χ0) is 9.10. The normalized spacial score (nSPS) is 22.4. The molecule has 3 N–H and O–H groups in total. The molecule has 13 heavy (non-hydrogen) atoms. The SMILES string of the molecule is NCCc1csc([C@@H]2CSCN2)n1. The Kier molecular flexibility index (Phi) is 3.21. The van der Waals surface area contributed by atoms with Gasteiger partial charge in [0.25, 0.3) is 0 Å². The Balaban J connectivity index is 2.03. The Hall–Kier alpha value is -0.100. The topological polar surface area (TPSA) is 50.9 Å². The monoisotopic (exact) mass is 215 g/mol. The van der Waals surface area contributed by atoms with Crippen molar-refractivity contribution >= 4 is 23.1 Å². The third-order valence-corrected chi connectivity index (χ3v) is 3.93. The van der Waals surface area contributed by atoms with E-state index in [1.807, 2.05) is 11.8 Å². The summed E-state index contributed by atoms with van der Waals surface area (Å²) in [5.41, 5.74) is 6.61. The molecule has 0 aromatic carbocycles. The maximum absolute atomic E-state index is 5.47. The lowest BCUT2D eigenvalue weighted by Gasteiger charge is -2.03. The molecule has 1 aliphatic heterocycles. The molecule has 72 valence electrons. The molecule has 1 fully saturated rings. The molecule has 1 atom stereocenters. The number of hydrogen-bond donors (Lipinski definition) is 2. The number of nitrogens with zero attached hydrogens (tertiary/aromatic N) is 1. The average molecular weight is 215 g/mol. The zero-order valence-corrected chi connectivity index (χ0v) is 8.96. The fourth-order valence-electron chi connectivity index (χ4n) is 1.30. The van der Waals surface area contributed by atoms with Crippen molar-refractivity contribution in [3.8, 4) is 0 Å². The van der Waals surface area contributed by atoms with Gasteiger partial charge in [-0.1, -0.05) is 0 Å². The van der Waals surface area contributed by atoms with Crippen LogP contribution >= 0.6 is 23.1 Å². The second kappa shape index (κ2) is 4.41. The minimum atomic E-state index is 0.474. The first-order chi connectivity index (χ1) is 6.40. The summed E-state index contributed by atoms with van der Waals surface area (Å²) < 4.78 is 0. The van der Waals surface area contributed by atoms with Crippen LogP contribution in [-0.4, -0.2) is 23.2 Å². The summed E-state index contributed by atoms with van der Waals surface area (Å²) in [6, 6.07) is 0.474. The molecule has 1 saturated heterocycles. The van der Waals surface area contributed by atoms with Crippen molar-refractivity contribution in [3.63, 3.8) is 0 Å². The van der Waals surface area contributed by atoms with Gasteiger partial charge in [0, 0.05) is 23.4 Å². The lowest BCUT2D eigenvalue weighted by molar-refractivity contribution is 0.668. The number of thiazole rings is 1. The van der Waals surface area contributed by atoms with E-state index in [0.717, 1.165) is 23.7 Å². The lowest BCUT2D eigenvalue weighted by Crippen LogP contribution is -2.14. The van der Waals surface area contributed by atoms with Crippen LogP contribution in [-0.2, 0) is 6.42 Å². The van der Waals surface area contributed by atoms with Crippen molar-refractivity contribution < 1.29 is 0 Å². The van der Waals surface area contributed by atoms with E-state index in [1.54, 1.807) is 11.3 Å². The maximum Gasteiger partial charge on any atom is 0.111 e. The van der Waals surface area contributed by atoms with Crippen LogP contribution in [0.25, 0.3) is 0 Å². The largest absolute Gasteiger partial charge is 0.330 e. The summed E-state index contributed by atoms with van der Waals surface area (Å²) >= 11 is 3.67. The van der Waals surface area contributed by atoms with Crippen LogP contribution in [0.1, 0.15) is 16.7 Å². The van der Waals surface area contributed by atoms with Crippen LogP contribution in [0.4, 0.5) is 0 Å². The zero-order valence-electron chi connectivity index (χ0n) is 7.32. The van der Waals surface area contributed by atoms with Gasteiger partial charge in [0.05, 0.1) is 11.7 Å². The molecule has 1 aromatic heterocycles. The first-order valence-corrected chi connectivity index (χ1v) is 6.39. The van der Waals surface area contributed by atoms with Gasteiger partial charge in [-0.05, 0) is 6.54 Å². The van der Waals surface area contributed by atoms with E-state index in [4.69, 9.17) is 5.73 Å². The van der Waals surface area contributed by atoms with Crippen molar-refractivity contribution in [2.45, 2.75) is 12.5 Å². The highest BCUT2D eigenvalue weighted by atomic mass is 32.2. The Labute approximate surface area is 86.1 Å². The number of thioether (sulfide) groups is 1. The third kappa shape index (κ3) is 2.22. The van der Waals surface area contributed by atoms with E-state index in [-0.39, 0.29) is 0 Å². The van der Waals surface area contributed by atoms with E-state index >= 15 is 0 Å². The Morgan fingerprint density at radius 1 is 1.69 bits per heavy atom. The van der Waals surface area contributed by atoms with Gasteiger partial charge in [0.1, 0.15) is 5.01 Å². The molecular weight excluding hydrogens is 202 g/mol. The molecule has 0 aliphatic carbocycles. The first kappa shape index (κ1) is 9.45. The van der Waals surface area contributed by atoms with Gasteiger partial charge < -0.3 is 5.73 Å².